The Kier molecular flexibility index (Phi) is 5.37. The lowest BCUT2D eigenvalue weighted by Crippen LogP contribution is -2.32. The SMILES string of the molecule is CC(=O)NC(=O)c1cc2cc(Br)ccc2oc1=Nc1ccc(C(F)(F)F)cc1. The molecular formula is C19H12BrF3N2O3. The van der Waals surface area contributed by atoms with E-state index in [0.29, 0.717) is 11.0 Å². The zero-order valence-electron chi connectivity index (χ0n) is 14.3. The van der Waals surface area contributed by atoms with E-state index in [4.69, 9.17) is 4.42 Å². The molecule has 2 aromatic carbocycles. The first-order chi connectivity index (χ1) is 13.1. The average Bonchev–Trinajstić information content (AvgIpc) is 2.60. The molecule has 0 aliphatic carbocycles. The quantitative estimate of drug-likeness (QED) is 0.611. The van der Waals surface area contributed by atoms with Crippen LogP contribution in [0.15, 0.2) is 62.4 Å². The third-order valence-corrected chi connectivity index (χ3v) is 4.16. The van der Waals surface area contributed by atoms with Crippen LogP contribution in [0, 0.1) is 0 Å². The predicted molar refractivity (Wildman–Crippen MR) is 98.7 cm³/mol. The van der Waals surface area contributed by atoms with E-state index in [9.17, 15) is 22.8 Å². The molecule has 1 N–H and O–H groups in total. The zero-order valence-corrected chi connectivity index (χ0v) is 15.9. The van der Waals surface area contributed by atoms with Gasteiger partial charge in [0.1, 0.15) is 11.1 Å². The number of nitrogens with one attached hydrogen (secondary N) is 1. The van der Waals surface area contributed by atoms with Gasteiger partial charge in [0, 0.05) is 16.8 Å². The summed E-state index contributed by atoms with van der Waals surface area (Å²) in [5.41, 5.74) is -0.409. The zero-order chi connectivity index (χ0) is 20.5. The Morgan fingerprint density at radius 2 is 1.75 bits per heavy atom. The first-order valence-corrected chi connectivity index (χ1v) is 8.70. The summed E-state index contributed by atoms with van der Waals surface area (Å²) in [7, 11) is 0. The van der Waals surface area contributed by atoms with Crippen molar-refractivity contribution < 1.29 is 27.2 Å². The van der Waals surface area contributed by atoms with E-state index in [-0.39, 0.29) is 16.8 Å². The van der Waals surface area contributed by atoms with E-state index in [1.54, 1.807) is 18.2 Å². The van der Waals surface area contributed by atoms with Crippen LogP contribution in [0.4, 0.5) is 18.9 Å². The van der Waals surface area contributed by atoms with Gasteiger partial charge in [-0.25, -0.2) is 4.99 Å². The van der Waals surface area contributed by atoms with Crippen LogP contribution in [0.3, 0.4) is 0 Å². The van der Waals surface area contributed by atoms with Gasteiger partial charge in [-0.3, -0.25) is 14.9 Å². The number of halogens is 4. The minimum absolute atomic E-state index is 0.0271. The summed E-state index contributed by atoms with van der Waals surface area (Å²) in [4.78, 5) is 27.8. The van der Waals surface area contributed by atoms with Gasteiger partial charge in [-0.05, 0) is 48.5 Å². The monoisotopic (exact) mass is 452 g/mol. The topological polar surface area (TPSA) is 71.7 Å². The number of carbonyl (C=O) groups is 2. The van der Waals surface area contributed by atoms with Gasteiger partial charge >= 0.3 is 6.18 Å². The van der Waals surface area contributed by atoms with Crippen LogP contribution in [-0.4, -0.2) is 11.8 Å². The van der Waals surface area contributed by atoms with Crippen molar-refractivity contribution in [1.82, 2.24) is 5.32 Å². The van der Waals surface area contributed by atoms with Crippen molar-refractivity contribution in [2.24, 2.45) is 4.99 Å². The highest BCUT2D eigenvalue weighted by Gasteiger charge is 2.29. The number of fused-ring (bicyclic) bond motifs is 1. The van der Waals surface area contributed by atoms with Gasteiger partial charge in [-0.1, -0.05) is 15.9 Å². The van der Waals surface area contributed by atoms with Gasteiger partial charge in [0.05, 0.1) is 11.3 Å². The number of imide groups is 1. The summed E-state index contributed by atoms with van der Waals surface area (Å²) in [6.07, 6.45) is -4.47. The number of benzene rings is 2. The lowest BCUT2D eigenvalue weighted by molar-refractivity contribution is -0.137. The maximum absolute atomic E-state index is 12.7. The summed E-state index contributed by atoms with van der Waals surface area (Å²) >= 11 is 3.32. The normalized spacial score (nSPS) is 12.2. The highest BCUT2D eigenvalue weighted by molar-refractivity contribution is 9.10. The molecule has 9 heteroatoms. The molecule has 0 radical (unpaired) electrons. The molecule has 0 fully saturated rings. The highest BCUT2D eigenvalue weighted by Crippen LogP contribution is 2.30. The number of alkyl halides is 3. The van der Waals surface area contributed by atoms with E-state index >= 15 is 0 Å². The van der Waals surface area contributed by atoms with Gasteiger partial charge in [-0.2, -0.15) is 13.2 Å². The van der Waals surface area contributed by atoms with Crippen molar-refractivity contribution in [2.45, 2.75) is 13.1 Å². The Morgan fingerprint density at radius 1 is 1.07 bits per heavy atom. The predicted octanol–water partition coefficient (Wildman–Crippen LogP) is 4.72. The van der Waals surface area contributed by atoms with Gasteiger partial charge in [0.15, 0.2) is 0 Å². The maximum Gasteiger partial charge on any atom is 0.416 e. The Bertz CT molecular complexity index is 1140. The standard InChI is InChI=1S/C19H12BrF3N2O3/c1-10(26)24-17(27)15-9-11-8-13(20)4-7-16(11)28-18(15)25-14-5-2-12(3-6-14)19(21,22)23/h2-9H,1H3,(H,24,26,27). The van der Waals surface area contributed by atoms with Crippen molar-refractivity contribution in [2.75, 3.05) is 0 Å². The molecule has 3 rings (SSSR count). The molecule has 144 valence electrons. The molecule has 0 aliphatic heterocycles. The van der Waals surface area contributed by atoms with Gasteiger partial charge in [0.2, 0.25) is 11.5 Å². The molecule has 0 bridgehead atoms. The van der Waals surface area contributed by atoms with E-state index in [1.807, 2.05) is 0 Å². The first kappa shape index (κ1) is 19.8. The number of hydrogen-bond acceptors (Lipinski definition) is 4. The van der Waals surface area contributed by atoms with Crippen LogP contribution < -0.4 is 10.9 Å². The molecule has 28 heavy (non-hydrogen) atoms. The summed E-state index contributed by atoms with van der Waals surface area (Å²) < 4.78 is 44.5. The van der Waals surface area contributed by atoms with Crippen LogP contribution in [0.5, 0.6) is 0 Å². The van der Waals surface area contributed by atoms with Crippen molar-refractivity contribution in [3.05, 3.63) is 69.7 Å². The second-order valence-corrected chi connectivity index (χ2v) is 6.73. The van der Waals surface area contributed by atoms with Crippen LogP contribution in [0.2, 0.25) is 0 Å². The Balaban J connectivity index is 2.17. The molecule has 2 amide bonds. The van der Waals surface area contributed by atoms with E-state index in [2.05, 4.69) is 26.2 Å². The van der Waals surface area contributed by atoms with Gasteiger partial charge in [-0.15, -0.1) is 0 Å². The fourth-order valence-corrected chi connectivity index (χ4v) is 2.80. The summed E-state index contributed by atoms with van der Waals surface area (Å²) in [6, 6.07) is 10.7. The minimum Gasteiger partial charge on any atom is -0.438 e. The maximum atomic E-state index is 12.7. The molecule has 0 saturated carbocycles. The lowest BCUT2D eigenvalue weighted by atomic mass is 10.1. The third-order valence-electron chi connectivity index (χ3n) is 3.67. The molecule has 0 aliphatic rings. The number of rotatable bonds is 2. The van der Waals surface area contributed by atoms with E-state index in [0.717, 1.165) is 28.7 Å². The minimum atomic E-state index is -4.47. The van der Waals surface area contributed by atoms with Gasteiger partial charge < -0.3 is 4.42 Å². The molecule has 0 unspecified atom stereocenters. The van der Waals surface area contributed by atoms with Crippen molar-refractivity contribution in [3.63, 3.8) is 0 Å². The van der Waals surface area contributed by atoms with Crippen LogP contribution >= 0.6 is 15.9 Å². The molecule has 0 atom stereocenters. The molecule has 3 aromatic rings. The molecule has 0 saturated heterocycles. The van der Waals surface area contributed by atoms with Crippen molar-refractivity contribution >= 4 is 44.4 Å². The van der Waals surface area contributed by atoms with Crippen molar-refractivity contribution in [3.8, 4) is 0 Å². The number of amides is 2. The summed E-state index contributed by atoms with van der Waals surface area (Å²) in [5.74, 6) is -1.30. The van der Waals surface area contributed by atoms with Gasteiger partial charge in [0.25, 0.3) is 5.91 Å². The van der Waals surface area contributed by atoms with E-state index < -0.39 is 23.6 Å². The lowest BCUT2D eigenvalue weighted by Gasteiger charge is -2.07. The smallest absolute Gasteiger partial charge is 0.416 e. The Labute approximate surface area is 165 Å². The van der Waals surface area contributed by atoms with Crippen LogP contribution in [-0.2, 0) is 11.0 Å². The molecule has 0 spiro atoms. The summed E-state index contributed by atoms with van der Waals surface area (Å²) in [5, 5.41) is 2.71. The van der Waals surface area contributed by atoms with Crippen molar-refractivity contribution in [1.29, 1.82) is 0 Å². The molecule has 1 heterocycles. The first-order valence-electron chi connectivity index (χ1n) is 7.91. The van der Waals surface area contributed by atoms with E-state index in [1.165, 1.54) is 13.0 Å². The highest BCUT2D eigenvalue weighted by atomic mass is 79.9. The fraction of sp³-hybridized carbons (Fsp3) is 0.105. The number of hydrogen-bond donors (Lipinski definition) is 1. The summed E-state index contributed by atoms with van der Waals surface area (Å²) in [6.45, 7) is 1.18. The fourth-order valence-electron chi connectivity index (χ4n) is 2.42. The van der Waals surface area contributed by atoms with Crippen LogP contribution in [0.1, 0.15) is 22.8 Å². The number of nitrogens with zero attached hydrogens (tertiary/aromatic N) is 1. The average molecular weight is 453 g/mol. The largest absolute Gasteiger partial charge is 0.438 e. The Hall–Kier alpha value is -2.94. The molecule has 1 aromatic heterocycles. The number of carbonyl (C=O) groups excluding carboxylic acids is 2. The molecular weight excluding hydrogens is 441 g/mol. The Morgan fingerprint density at radius 3 is 2.36 bits per heavy atom. The second kappa shape index (κ2) is 7.59. The van der Waals surface area contributed by atoms with Crippen LogP contribution in [0.25, 0.3) is 11.0 Å². The third kappa shape index (κ3) is 4.48. The second-order valence-electron chi connectivity index (χ2n) is 5.81. The molecule has 5 nitrogen and oxygen atoms in total.